The summed E-state index contributed by atoms with van der Waals surface area (Å²) in [5, 5.41) is 0.618. The minimum atomic E-state index is -3.98. The van der Waals surface area contributed by atoms with Crippen LogP contribution in [0.1, 0.15) is 0 Å². The molecule has 0 fully saturated rings. The van der Waals surface area contributed by atoms with E-state index in [-0.39, 0.29) is 0 Å². The standard InChI is InChI=1S/C5H10N2O3S2/c6-4(3-12(8,9)10)5-7-1-2-11-5/h4H,1-3,6H2,(H,8,9,10). The van der Waals surface area contributed by atoms with Gasteiger partial charge in [-0.2, -0.15) is 8.42 Å². The normalized spacial score (nSPS) is 20.7. The van der Waals surface area contributed by atoms with Gasteiger partial charge in [-0.05, 0) is 0 Å². The van der Waals surface area contributed by atoms with E-state index in [9.17, 15) is 8.42 Å². The van der Waals surface area contributed by atoms with Crippen molar-refractivity contribution in [2.24, 2.45) is 10.7 Å². The summed E-state index contributed by atoms with van der Waals surface area (Å²) in [5.41, 5.74) is 5.47. The van der Waals surface area contributed by atoms with Crippen LogP contribution in [0.4, 0.5) is 0 Å². The molecule has 0 saturated heterocycles. The van der Waals surface area contributed by atoms with E-state index in [0.29, 0.717) is 11.6 Å². The highest BCUT2D eigenvalue weighted by atomic mass is 32.2. The van der Waals surface area contributed by atoms with E-state index >= 15 is 0 Å². The highest BCUT2D eigenvalue weighted by molar-refractivity contribution is 8.14. The fraction of sp³-hybridized carbons (Fsp3) is 0.800. The molecular weight excluding hydrogens is 200 g/mol. The van der Waals surface area contributed by atoms with Crippen LogP contribution >= 0.6 is 11.8 Å². The molecule has 1 atom stereocenters. The van der Waals surface area contributed by atoms with Crippen molar-refractivity contribution in [3.05, 3.63) is 0 Å². The van der Waals surface area contributed by atoms with Gasteiger partial charge in [-0.3, -0.25) is 9.55 Å². The van der Waals surface area contributed by atoms with Crippen molar-refractivity contribution in [3.8, 4) is 0 Å². The number of rotatable bonds is 3. The van der Waals surface area contributed by atoms with E-state index < -0.39 is 21.9 Å². The van der Waals surface area contributed by atoms with Gasteiger partial charge in [0.25, 0.3) is 10.1 Å². The van der Waals surface area contributed by atoms with Gasteiger partial charge in [-0.15, -0.1) is 11.8 Å². The first-order chi connectivity index (χ1) is 5.49. The lowest BCUT2D eigenvalue weighted by atomic mass is 10.4. The second kappa shape index (κ2) is 3.73. The zero-order valence-corrected chi connectivity index (χ0v) is 7.94. The molecule has 1 aliphatic rings. The summed E-state index contributed by atoms with van der Waals surface area (Å²) in [6.45, 7) is 0.680. The van der Waals surface area contributed by atoms with Gasteiger partial charge in [0.2, 0.25) is 0 Å². The molecular formula is C5H10N2O3S2. The van der Waals surface area contributed by atoms with Crippen molar-refractivity contribution in [1.29, 1.82) is 0 Å². The third-order valence-corrected chi connectivity index (χ3v) is 3.21. The first-order valence-corrected chi connectivity index (χ1v) is 5.96. The molecule has 7 heteroatoms. The minimum absolute atomic E-state index is 0.446. The van der Waals surface area contributed by atoms with Crippen molar-refractivity contribution in [3.63, 3.8) is 0 Å². The van der Waals surface area contributed by atoms with E-state index in [1.165, 1.54) is 11.8 Å². The molecule has 0 aromatic rings. The number of hydrogen-bond donors (Lipinski definition) is 2. The number of nitrogens with two attached hydrogens (primary N) is 1. The van der Waals surface area contributed by atoms with Crippen LogP contribution in [0.25, 0.3) is 0 Å². The maximum atomic E-state index is 10.4. The van der Waals surface area contributed by atoms with Gasteiger partial charge in [-0.25, -0.2) is 0 Å². The second-order valence-electron chi connectivity index (χ2n) is 2.42. The van der Waals surface area contributed by atoms with Crippen molar-refractivity contribution < 1.29 is 13.0 Å². The van der Waals surface area contributed by atoms with Gasteiger partial charge in [0.05, 0.1) is 16.8 Å². The Hall–Kier alpha value is -0.110. The molecule has 1 heterocycles. The van der Waals surface area contributed by atoms with Gasteiger partial charge in [-0.1, -0.05) is 0 Å². The van der Waals surface area contributed by atoms with E-state index in [0.717, 1.165) is 5.75 Å². The molecule has 0 aromatic carbocycles. The molecule has 1 rings (SSSR count). The van der Waals surface area contributed by atoms with Crippen LogP contribution in [0.5, 0.6) is 0 Å². The summed E-state index contributed by atoms with van der Waals surface area (Å²) in [6, 6.07) is -0.674. The third kappa shape index (κ3) is 3.10. The second-order valence-corrected chi connectivity index (χ2v) is 5.04. The number of hydrogen-bond acceptors (Lipinski definition) is 5. The Balaban J connectivity index is 2.54. The molecule has 0 saturated carbocycles. The maximum absolute atomic E-state index is 10.4. The first kappa shape index (κ1) is 9.97. The molecule has 1 unspecified atom stereocenters. The lowest BCUT2D eigenvalue weighted by molar-refractivity contribution is 0.481. The van der Waals surface area contributed by atoms with Gasteiger partial charge in [0.1, 0.15) is 0 Å². The molecule has 0 aliphatic carbocycles. The molecule has 0 spiro atoms. The van der Waals surface area contributed by atoms with Gasteiger partial charge >= 0.3 is 0 Å². The summed E-state index contributed by atoms with van der Waals surface area (Å²) in [5.74, 6) is 0.396. The van der Waals surface area contributed by atoms with Crippen LogP contribution in [0, 0.1) is 0 Å². The van der Waals surface area contributed by atoms with E-state index in [4.69, 9.17) is 10.3 Å². The van der Waals surface area contributed by atoms with Gasteiger partial charge < -0.3 is 5.73 Å². The monoisotopic (exact) mass is 210 g/mol. The molecule has 70 valence electrons. The Labute approximate surface area is 75.2 Å². The summed E-state index contributed by atoms with van der Waals surface area (Å²) in [7, 11) is -3.98. The van der Waals surface area contributed by atoms with Crippen LogP contribution in [-0.4, -0.2) is 42.1 Å². The SMILES string of the molecule is NC(CS(=O)(=O)O)C1=NCCS1. The van der Waals surface area contributed by atoms with Gasteiger partial charge in [0.15, 0.2) is 0 Å². The van der Waals surface area contributed by atoms with E-state index in [1.54, 1.807) is 0 Å². The first-order valence-electron chi connectivity index (χ1n) is 3.37. The van der Waals surface area contributed by atoms with Crippen LogP contribution < -0.4 is 5.73 Å². The van der Waals surface area contributed by atoms with Crippen LogP contribution in [0.15, 0.2) is 4.99 Å². The fourth-order valence-electron chi connectivity index (χ4n) is 0.874. The Kier molecular flexibility index (Phi) is 3.10. The summed E-state index contributed by atoms with van der Waals surface area (Å²) in [6.07, 6.45) is 0. The quantitative estimate of drug-likeness (QED) is 0.604. The predicted molar refractivity (Wildman–Crippen MR) is 49.2 cm³/mol. The lowest BCUT2D eigenvalue weighted by Crippen LogP contribution is -2.35. The zero-order chi connectivity index (χ0) is 9.19. The molecule has 12 heavy (non-hydrogen) atoms. The Morgan fingerprint density at radius 1 is 1.75 bits per heavy atom. The van der Waals surface area contributed by atoms with Crippen LogP contribution in [-0.2, 0) is 10.1 Å². The summed E-state index contributed by atoms with van der Waals surface area (Å²) < 4.78 is 29.3. The van der Waals surface area contributed by atoms with Crippen molar-refractivity contribution >= 4 is 26.9 Å². The van der Waals surface area contributed by atoms with Crippen molar-refractivity contribution in [2.45, 2.75) is 6.04 Å². The van der Waals surface area contributed by atoms with Gasteiger partial charge in [0, 0.05) is 12.3 Å². The predicted octanol–water partition coefficient (Wildman–Crippen LogP) is -0.653. The van der Waals surface area contributed by atoms with Crippen LogP contribution in [0.3, 0.4) is 0 Å². The molecule has 0 aromatic heterocycles. The number of nitrogens with zero attached hydrogens (tertiary/aromatic N) is 1. The molecule has 0 amide bonds. The van der Waals surface area contributed by atoms with E-state index in [2.05, 4.69) is 4.99 Å². The average molecular weight is 210 g/mol. The smallest absolute Gasteiger partial charge is 0.266 e. The lowest BCUT2D eigenvalue weighted by Gasteiger charge is -2.07. The topological polar surface area (TPSA) is 92.8 Å². The molecule has 0 bridgehead atoms. The highest BCUT2D eigenvalue weighted by Crippen LogP contribution is 2.14. The number of aliphatic imine (C=N–C) groups is 1. The third-order valence-electron chi connectivity index (χ3n) is 1.32. The molecule has 3 N–H and O–H groups in total. The molecule has 1 aliphatic heterocycles. The van der Waals surface area contributed by atoms with E-state index in [1.807, 2.05) is 0 Å². The maximum Gasteiger partial charge on any atom is 0.266 e. The molecule has 5 nitrogen and oxygen atoms in total. The summed E-state index contributed by atoms with van der Waals surface area (Å²) in [4.78, 5) is 4.00. The average Bonchev–Trinajstić information content (AvgIpc) is 2.32. The van der Waals surface area contributed by atoms with Crippen molar-refractivity contribution in [1.82, 2.24) is 0 Å². The Morgan fingerprint density at radius 2 is 2.42 bits per heavy atom. The number of thioether (sulfide) groups is 1. The fourth-order valence-corrected chi connectivity index (χ4v) is 2.46. The minimum Gasteiger partial charge on any atom is -0.321 e. The molecule has 0 radical (unpaired) electrons. The highest BCUT2D eigenvalue weighted by Gasteiger charge is 2.20. The van der Waals surface area contributed by atoms with Crippen LogP contribution in [0.2, 0.25) is 0 Å². The van der Waals surface area contributed by atoms with Crippen molar-refractivity contribution in [2.75, 3.05) is 18.1 Å². The summed E-state index contributed by atoms with van der Waals surface area (Å²) >= 11 is 1.44. The Morgan fingerprint density at radius 3 is 2.83 bits per heavy atom. The zero-order valence-electron chi connectivity index (χ0n) is 6.30. The Bertz CT molecular complexity index is 285. The largest absolute Gasteiger partial charge is 0.321 e.